The van der Waals surface area contributed by atoms with Crippen molar-refractivity contribution in [2.75, 3.05) is 19.0 Å². The highest BCUT2D eigenvalue weighted by Crippen LogP contribution is 2.46. The monoisotopic (exact) mass is 517 g/mol. The fraction of sp³-hybridized carbons (Fsp3) is 0.296. The second-order valence-corrected chi connectivity index (χ2v) is 10.8. The highest BCUT2D eigenvalue weighted by molar-refractivity contribution is 6.31. The highest BCUT2D eigenvalue weighted by Gasteiger charge is 2.42. The summed E-state index contributed by atoms with van der Waals surface area (Å²) in [4.78, 5) is 2.26. The van der Waals surface area contributed by atoms with Gasteiger partial charge in [0.2, 0.25) is 5.69 Å². The Labute approximate surface area is 214 Å². The first-order chi connectivity index (χ1) is 16.2. The zero-order valence-electron chi connectivity index (χ0n) is 20.8. The molecule has 0 saturated carbocycles. The number of anilines is 1. The molecule has 2 aliphatic heterocycles. The summed E-state index contributed by atoms with van der Waals surface area (Å²) < 4.78 is 35.0. The number of rotatable bonds is 3. The predicted octanol–water partition coefficient (Wildman–Crippen LogP) is 2.56. The van der Waals surface area contributed by atoms with Crippen LogP contribution in [0.2, 0.25) is 0 Å². The number of allylic oxidation sites excluding steroid dienone is 6. The molecule has 0 fully saturated rings. The maximum absolute atomic E-state index is 8.60. The molecule has 35 heavy (non-hydrogen) atoms. The van der Waals surface area contributed by atoms with Gasteiger partial charge < -0.3 is 4.90 Å². The zero-order valence-corrected chi connectivity index (χ0v) is 22.3. The molecular weight excluding hydrogens is 487 g/mol. The SMILES string of the molecule is CN1/C(=C/C=C(Cl)/C=C/C2=[N+](C)c3ccccc3C2(C)C)C(C)(C)c2ccccc21.[O-][Cl+3]([O-])([O-])O. The summed E-state index contributed by atoms with van der Waals surface area (Å²) in [7, 11) is -0.444. The number of hydrogen-bond donors (Lipinski definition) is 1. The first kappa shape index (κ1) is 27.1. The van der Waals surface area contributed by atoms with Crippen molar-refractivity contribution < 1.29 is 33.5 Å². The Morgan fingerprint density at radius 1 is 0.971 bits per heavy atom. The summed E-state index contributed by atoms with van der Waals surface area (Å²) in [6.07, 6.45) is 8.31. The van der Waals surface area contributed by atoms with Crippen LogP contribution in [0.25, 0.3) is 0 Å². The Hall–Kier alpha value is -2.45. The quantitative estimate of drug-likeness (QED) is 0.498. The molecular formula is C27H31Cl2N2O4+. The minimum atomic E-state index is -4.69. The molecule has 0 unspecified atom stereocenters. The second-order valence-electron chi connectivity index (χ2n) is 9.62. The zero-order chi connectivity index (χ0) is 26.2. The summed E-state index contributed by atoms with van der Waals surface area (Å²) in [5.41, 5.74) is 7.61. The number of para-hydroxylation sites is 2. The number of halogens is 2. The molecule has 2 aliphatic rings. The van der Waals surface area contributed by atoms with Crippen molar-refractivity contribution in [2.45, 2.75) is 38.5 Å². The molecule has 0 amide bonds. The van der Waals surface area contributed by atoms with Gasteiger partial charge in [-0.2, -0.15) is 18.6 Å². The van der Waals surface area contributed by atoms with Gasteiger partial charge in [-0.25, -0.2) is 0 Å². The third-order valence-electron chi connectivity index (χ3n) is 6.68. The van der Waals surface area contributed by atoms with Gasteiger partial charge in [0.1, 0.15) is 7.05 Å². The Balaban J connectivity index is 0.000000623. The predicted molar refractivity (Wildman–Crippen MR) is 132 cm³/mol. The normalized spacial score (nSPS) is 19.7. The summed E-state index contributed by atoms with van der Waals surface area (Å²) in [5.74, 6) is 0. The average molecular weight is 518 g/mol. The van der Waals surface area contributed by atoms with E-state index in [1.54, 1.807) is 0 Å². The van der Waals surface area contributed by atoms with E-state index in [1.165, 1.54) is 33.9 Å². The van der Waals surface area contributed by atoms with Crippen molar-refractivity contribution in [3.05, 3.63) is 94.7 Å². The van der Waals surface area contributed by atoms with Gasteiger partial charge in [-0.3, -0.25) is 0 Å². The molecule has 6 nitrogen and oxygen atoms in total. The Morgan fingerprint density at radius 3 is 2.09 bits per heavy atom. The Kier molecular flexibility index (Phi) is 7.67. The van der Waals surface area contributed by atoms with Crippen LogP contribution in [0, 0.1) is 10.2 Å². The fourth-order valence-electron chi connectivity index (χ4n) is 4.98. The maximum atomic E-state index is 8.60. The molecule has 2 aromatic carbocycles. The van der Waals surface area contributed by atoms with Gasteiger partial charge in [-0.15, -0.1) is 0 Å². The van der Waals surface area contributed by atoms with Gasteiger partial charge in [0.25, 0.3) is 0 Å². The lowest BCUT2D eigenvalue weighted by Gasteiger charge is -2.23. The summed E-state index contributed by atoms with van der Waals surface area (Å²) in [5, 5.41) is 0.718. The van der Waals surface area contributed by atoms with E-state index in [0.717, 1.165) is 5.03 Å². The lowest BCUT2D eigenvalue weighted by molar-refractivity contribution is -1.92. The Morgan fingerprint density at radius 2 is 1.51 bits per heavy atom. The van der Waals surface area contributed by atoms with Gasteiger partial charge in [0, 0.05) is 46.6 Å². The van der Waals surface area contributed by atoms with Crippen molar-refractivity contribution in [1.29, 1.82) is 0 Å². The van der Waals surface area contributed by atoms with E-state index >= 15 is 0 Å². The van der Waals surface area contributed by atoms with Crippen LogP contribution in [0.1, 0.15) is 38.8 Å². The highest BCUT2D eigenvalue weighted by atomic mass is 35.7. The molecule has 0 bridgehead atoms. The molecule has 0 radical (unpaired) electrons. The third kappa shape index (κ3) is 5.70. The van der Waals surface area contributed by atoms with Gasteiger partial charge in [-0.1, -0.05) is 61.8 Å². The number of fused-ring (bicyclic) bond motifs is 2. The first-order valence-electron chi connectivity index (χ1n) is 11.1. The molecule has 4 rings (SSSR count). The van der Waals surface area contributed by atoms with Crippen LogP contribution in [-0.2, 0) is 10.8 Å². The van der Waals surface area contributed by atoms with Gasteiger partial charge >= 0.3 is 0 Å². The van der Waals surface area contributed by atoms with Crippen molar-refractivity contribution in [3.8, 4) is 0 Å². The molecule has 2 heterocycles. The van der Waals surface area contributed by atoms with E-state index in [2.05, 4.69) is 112 Å². The molecule has 8 heteroatoms. The first-order valence-corrected chi connectivity index (χ1v) is 12.7. The van der Waals surface area contributed by atoms with Gasteiger partial charge in [0.05, 0.1) is 20.3 Å². The van der Waals surface area contributed by atoms with Gasteiger partial charge in [0.15, 0.2) is 5.71 Å². The third-order valence-corrected chi connectivity index (χ3v) is 6.93. The molecule has 0 atom stereocenters. The van der Waals surface area contributed by atoms with E-state index < -0.39 is 10.2 Å². The smallest absolute Gasteiger partial charge is 0.209 e. The molecule has 2 aromatic rings. The van der Waals surface area contributed by atoms with Crippen molar-refractivity contribution in [3.63, 3.8) is 0 Å². The second kappa shape index (κ2) is 9.90. The largest absolute Gasteiger partial charge is 0.347 e. The number of nitrogens with zero attached hydrogens (tertiary/aromatic N) is 2. The topological polar surface area (TPSA) is 95.7 Å². The Bertz CT molecular complexity index is 1230. The minimum absolute atomic E-state index is 0.0488. The van der Waals surface area contributed by atoms with E-state index in [-0.39, 0.29) is 10.8 Å². The molecule has 0 saturated heterocycles. The minimum Gasteiger partial charge on any atom is -0.347 e. The molecule has 0 spiro atoms. The van der Waals surface area contributed by atoms with Crippen molar-refractivity contribution >= 4 is 28.7 Å². The van der Waals surface area contributed by atoms with Crippen LogP contribution in [0.3, 0.4) is 0 Å². The standard InChI is InChI=1S/C27H30ClN2.ClHO4/c1-26(2)20-11-7-9-13-22(20)29(5)24(26)17-15-19(28)16-18-25-27(3,4)21-12-8-10-14-23(21)30(25)6;2-1(3,4)5/h7-18H,1-6H3;(H,2,3,4,5)/q+1;. The maximum Gasteiger partial charge on any atom is 0.209 e. The van der Waals surface area contributed by atoms with Crippen molar-refractivity contribution in [2.24, 2.45) is 0 Å². The van der Waals surface area contributed by atoms with Crippen LogP contribution in [0.5, 0.6) is 0 Å². The number of likely N-dealkylation sites (N-methyl/N-ethyl adjacent to an activating group) is 1. The lowest BCUT2D eigenvalue weighted by Crippen LogP contribution is -2.58. The van der Waals surface area contributed by atoms with Crippen LogP contribution in [0.4, 0.5) is 11.4 Å². The van der Waals surface area contributed by atoms with Gasteiger partial charge in [-0.05, 0) is 43.7 Å². The molecule has 186 valence electrons. The number of benzene rings is 2. The molecule has 0 aliphatic carbocycles. The summed E-state index contributed by atoms with van der Waals surface area (Å²) >= 11 is 6.62. The van der Waals surface area contributed by atoms with E-state index in [0.29, 0.717) is 0 Å². The summed E-state index contributed by atoms with van der Waals surface area (Å²) in [6.45, 7) is 9.06. The summed E-state index contributed by atoms with van der Waals surface area (Å²) in [6, 6.07) is 17.2. The van der Waals surface area contributed by atoms with Crippen LogP contribution < -0.4 is 18.9 Å². The molecule has 0 aromatic heterocycles. The van der Waals surface area contributed by atoms with Crippen molar-refractivity contribution in [1.82, 2.24) is 0 Å². The molecule has 1 N–H and O–H groups in total. The van der Waals surface area contributed by atoms with Crippen LogP contribution in [-0.4, -0.2) is 29.0 Å². The average Bonchev–Trinajstić information content (AvgIpc) is 3.08. The van der Waals surface area contributed by atoms with E-state index in [4.69, 9.17) is 30.2 Å². The fourth-order valence-corrected chi connectivity index (χ4v) is 5.10. The van der Waals surface area contributed by atoms with Crippen LogP contribution >= 0.6 is 11.6 Å². The van der Waals surface area contributed by atoms with Crippen LogP contribution in [0.15, 0.2) is 83.6 Å². The van der Waals surface area contributed by atoms with E-state index in [1.807, 2.05) is 12.2 Å². The van der Waals surface area contributed by atoms with E-state index in [9.17, 15) is 0 Å². The number of hydrogen-bond acceptors (Lipinski definition) is 5. The lowest BCUT2D eigenvalue weighted by atomic mass is 9.81.